The van der Waals surface area contributed by atoms with Gasteiger partial charge in [-0.2, -0.15) is 5.10 Å². The normalized spacial score (nSPS) is 18.1. The Bertz CT molecular complexity index is 393. The van der Waals surface area contributed by atoms with Crippen LogP contribution in [0.4, 0.5) is 5.69 Å². The fraction of sp³-hybridized carbons (Fsp3) is 0.600. The molecule has 2 rings (SSSR count). The number of aryl methyl sites for hydroxylation is 1. The van der Waals surface area contributed by atoms with Crippen molar-refractivity contribution in [1.29, 1.82) is 0 Å². The molecule has 5 heteroatoms. The van der Waals surface area contributed by atoms with Crippen LogP contribution < -0.4 is 16.2 Å². The molecule has 15 heavy (non-hydrogen) atoms. The van der Waals surface area contributed by atoms with Gasteiger partial charge in [-0.1, -0.05) is 0 Å². The molecule has 0 amide bonds. The van der Waals surface area contributed by atoms with Crippen molar-refractivity contribution in [2.45, 2.75) is 18.9 Å². The molecule has 0 atom stereocenters. The van der Waals surface area contributed by atoms with E-state index in [-0.39, 0.29) is 5.56 Å². The molecule has 0 radical (unpaired) electrons. The summed E-state index contributed by atoms with van der Waals surface area (Å²) in [5.74, 6) is 0. The van der Waals surface area contributed by atoms with E-state index in [4.69, 9.17) is 5.73 Å². The van der Waals surface area contributed by atoms with Gasteiger partial charge < -0.3 is 10.6 Å². The minimum atomic E-state index is -0.0672. The molecule has 0 bridgehead atoms. The Kier molecular flexibility index (Phi) is 2.73. The van der Waals surface area contributed by atoms with Gasteiger partial charge in [-0.3, -0.25) is 4.79 Å². The molecule has 5 nitrogen and oxygen atoms in total. The maximum absolute atomic E-state index is 11.4. The largest absolute Gasteiger partial charge is 0.370 e. The molecular formula is C10H16N4O. The van der Waals surface area contributed by atoms with Crippen molar-refractivity contribution >= 4 is 5.69 Å². The van der Waals surface area contributed by atoms with E-state index >= 15 is 0 Å². The first-order valence-electron chi connectivity index (χ1n) is 5.21. The first-order valence-corrected chi connectivity index (χ1v) is 5.21. The molecule has 1 fully saturated rings. The molecule has 0 aromatic carbocycles. The molecule has 0 aliphatic carbocycles. The molecule has 2 N–H and O–H groups in total. The third-order valence-electron chi connectivity index (χ3n) is 2.86. The van der Waals surface area contributed by atoms with E-state index in [1.807, 2.05) is 0 Å². The second-order valence-electron chi connectivity index (χ2n) is 4.00. The fourth-order valence-electron chi connectivity index (χ4n) is 1.79. The van der Waals surface area contributed by atoms with Crippen LogP contribution in [-0.4, -0.2) is 28.9 Å². The lowest BCUT2D eigenvalue weighted by molar-refractivity contribution is 0.500. The van der Waals surface area contributed by atoms with Crippen LogP contribution in [0.25, 0.3) is 0 Å². The van der Waals surface area contributed by atoms with E-state index in [1.165, 1.54) is 4.68 Å². The summed E-state index contributed by atoms with van der Waals surface area (Å²) in [4.78, 5) is 13.6. The SMILES string of the molecule is Cn1ncc(N2CCC(N)CC2)cc1=O. The van der Waals surface area contributed by atoms with Gasteiger partial charge in [0.1, 0.15) is 0 Å². The Morgan fingerprint density at radius 2 is 2.13 bits per heavy atom. The van der Waals surface area contributed by atoms with Crippen LogP contribution in [0.3, 0.4) is 0 Å². The van der Waals surface area contributed by atoms with Crippen LogP contribution in [0, 0.1) is 0 Å². The highest BCUT2D eigenvalue weighted by atomic mass is 16.1. The number of rotatable bonds is 1. The topological polar surface area (TPSA) is 64.2 Å². The summed E-state index contributed by atoms with van der Waals surface area (Å²) in [6.45, 7) is 1.83. The number of nitrogens with two attached hydrogens (primary N) is 1. The van der Waals surface area contributed by atoms with Crippen LogP contribution >= 0.6 is 0 Å². The van der Waals surface area contributed by atoms with E-state index in [9.17, 15) is 4.79 Å². The van der Waals surface area contributed by atoms with Crippen LogP contribution in [0.2, 0.25) is 0 Å². The number of hydrogen-bond donors (Lipinski definition) is 1. The third-order valence-corrected chi connectivity index (χ3v) is 2.86. The average molecular weight is 208 g/mol. The first-order chi connectivity index (χ1) is 7.16. The Balaban J connectivity index is 2.16. The van der Waals surface area contributed by atoms with Crippen LogP contribution in [0.1, 0.15) is 12.8 Å². The quantitative estimate of drug-likeness (QED) is 0.688. The smallest absolute Gasteiger partial charge is 0.268 e. The molecule has 1 aromatic rings. The molecule has 0 spiro atoms. The summed E-state index contributed by atoms with van der Waals surface area (Å²) in [7, 11) is 1.65. The minimum absolute atomic E-state index is 0.0672. The van der Waals surface area contributed by atoms with E-state index in [1.54, 1.807) is 19.3 Å². The van der Waals surface area contributed by atoms with Gasteiger partial charge in [0.15, 0.2) is 0 Å². The van der Waals surface area contributed by atoms with Gasteiger partial charge in [0, 0.05) is 32.2 Å². The third kappa shape index (κ3) is 2.18. The standard InChI is InChI=1S/C10H16N4O/c1-13-10(15)6-9(7-12-13)14-4-2-8(11)3-5-14/h6-8H,2-5,11H2,1H3. The average Bonchev–Trinajstić information content (AvgIpc) is 2.23. The van der Waals surface area contributed by atoms with Gasteiger partial charge in [0.2, 0.25) is 0 Å². The van der Waals surface area contributed by atoms with Crippen molar-refractivity contribution < 1.29 is 0 Å². The summed E-state index contributed by atoms with van der Waals surface area (Å²) >= 11 is 0. The molecule has 1 saturated heterocycles. The summed E-state index contributed by atoms with van der Waals surface area (Å²) in [5, 5.41) is 4.00. The van der Waals surface area contributed by atoms with E-state index in [0.717, 1.165) is 31.6 Å². The van der Waals surface area contributed by atoms with Gasteiger partial charge in [-0.15, -0.1) is 0 Å². The Labute approximate surface area is 88.5 Å². The van der Waals surface area contributed by atoms with Gasteiger partial charge in [0.05, 0.1) is 11.9 Å². The van der Waals surface area contributed by atoms with E-state index in [2.05, 4.69) is 10.00 Å². The second kappa shape index (κ2) is 4.02. The summed E-state index contributed by atoms with van der Waals surface area (Å²) in [6, 6.07) is 1.94. The first kappa shape index (κ1) is 10.2. The van der Waals surface area contributed by atoms with Crippen LogP contribution in [0.5, 0.6) is 0 Å². The Morgan fingerprint density at radius 1 is 1.47 bits per heavy atom. The molecule has 1 aromatic heterocycles. The van der Waals surface area contributed by atoms with Crippen molar-refractivity contribution in [3.05, 3.63) is 22.6 Å². The highest BCUT2D eigenvalue weighted by molar-refractivity contribution is 5.43. The van der Waals surface area contributed by atoms with Gasteiger partial charge >= 0.3 is 0 Å². The van der Waals surface area contributed by atoms with Gasteiger partial charge in [-0.05, 0) is 12.8 Å². The number of hydrogen-bond acceptors (Lipinski definition) is 4. The highest BCUT2D eigenvalue weighted by Crippen LogP contribution is 2.16. The fourth-order valence-corrected chi connectivity index (χ4v) is 1.79. The van der Waals surface area contributed by atoms with Gasteiger partial charge in [-0.25, -0.2) is 4.68 Å². The molecular weight excluding hydrogens is 192 g/mol. The molecule has 82 valence electrons. The zero-order valence-electron chi connectivity index (χ0n) is 8.89. The van der Waals surface area contributed by atoms with E-state index < -0.39 is 0 Å². The predicted octanol–water partition coefficient (Wildman–Crippen LogP) is -0.292. The Morgan fingerprint density at radius 3 is 2.73 bits per heavy atom. The van der Waals surface area contributed by atoms with Gasteiger partial charge in [0.25, 0.3) is 5.56 Å². The maximum atomic E-state index is 11.4. The van der Waals surface area contributed by atoms with Crippen molar-refractivity contribution in [3.8, 4) is 0 Å². The molecule has 1 aliphatic heterocycles. The molecule has 2 heterocycles. The molecule has 0 unspecified atom stereocenters. The summed E-state index contributed by atoms with van der Waals surface area (Å²) in [5.41, 5.74) is 6.66. The van der Waals surface area contributed by atoms with Crippen molar-refractivity contribution in [3.63, 3.8) is 0 Å². The van der Waals surface area contributed by atoms with Crippen LogP contribution in [0.15, 0.2) is 17.1 Å². The Hall–Kier alpha value is -1.36. The lowest BCUT2D eigenvalue weighted by atomic mass is 10.1. The number of anilines is 1. The second-order valence-corrected chi connectivity index (χ2v) is 4.00. The number of nitrogens with zero attached hydrogens (tertiary/aromatic N) is 3. The zero-order chi connectivity index (χ0) is 10.8. The zero-order valence-corrected chi connectivity index (χ0v) is 8.89. The molecule has 1 aliphatic rings. The number of aromatic nitrogens is 2. The summed E-state index contributed by atoms with van der Waals surface area (Å²) in [6.07, 6.45) is 3.70. The maximum Gasteiger partial charge on any atom is 0.268 e. The van der Waals surface area contributed by atoms with Crippen molar-refractivity contribution in [2.24, 2.45) is 12.8 Å². The minimum Gasteiger partial charge on any atom is -0.370 e. The van der Waals surface area contributed by atoms with Crippen molar-refractivity contribution in [2.75, 3.05) is 18.0 Å². The number of piperidine rings is 1. The highest BCUT2D eigenvalue weighted by Gasteiger charge is 2.16. The predicted molar refractivity (Wildman–Crippen MR) is 58.9 cm³/mol. The van der Waals surface area contributed by atoms with Crippen molar-refractivity contribution in [1.82, 2.24) is 9.78 Å². The summed E-state index contributed by atoms with van der Waals surface area (Å²) < 4.78 is 1.33. The van der Waals surface area contributed by atoms with Crippen LogP contribution in [-0.2, 0) is 7.05 Å². The van der Waals surface area contributed by atoms with E-state index in [0.29, 0.717) is 6.04 Å². The monoisotopic (exact) mass is 208 g/mol. The lowest BCUT2D eigenvalue weighted by Crippen LogP contribution is -2.40. The molecule has 0 saturated carbocycles. The lowest BCUT2D eigenvalue weighted by Gasteiger charge is -2.31.